The van der Waals surface area contributed by atoms with Gasteiger partial charge in [0, 0.05) is 10.4 Å². The lowest BCUT2D eigenvalue weighted by molar-refractivity contribution is 0.0719. The minimum Gasteiger partial charge on any atom is -0.457 e. The van der Waals surface area contributed by atoms with Crippen molar-refractivity contribution in [2.75, 3.05) is 6.61 Å². The lowest BCUT2D eigenvalue weighted by Crippen LogP contribution is -2.16. The standard InChI is InChI=1S/C25H25ClO2/c1-25(2,16-15-20-11-13-22(26)14-12-20)19-27-18-21-7-6-10-24(17-21)28-23-8-4-3-5-9-23/h3-17H,18-19H2,1-2H3. The number of benzene rings is 3. The van der Waals surface area contributed by atoms with Crippen molar-refractivity contribution in [3.8, 4) is 11.5 Å². The third kappa shape index (κ3) is 6.56. The minimum atomic E-state index is -0.0716. The molecule has 0 aliphatic heterocycles. The Labute approximate surface area is 172 Å². The van der Waals surface area contributed by atoms with Gasteiger partial charge in [-0.2, -0.15) is 0 Å². The quantitative estimate of drug-likeness (QED) is 0.398. The molecular weight excluding hydrogens is 368 g/mol. The summed E-state index contributed by atoms with van der Waals surface area (Å²) in [7, 11) is 0. The van der Waals surface area contributed by atoms with E-state index in [1.54, 1.807) is 0 Å². The lowest BCUT2D eigenvalue weighted by Gasteiger charge is -2.20. The molecule has 0 heterocycles. The summed E-state index contributed by atoms with van der Waals surface area (Å²) < 4.78 is 11.9. The van der Waals surface area contributed by atoms with E-state index in [0.29, 0.717) is 13.2 Å². The molecule has 2 nitrogen and oxygen atoms in total. The molecule has 0 aromatic heterocycles. The first-order valence-electron chi connectivity index (χ1n) is 9.35. The molecule has 0 unspecified atom stereocenters. The van der Waals surface area contributed by atoms with Crippen molar-refractivity contribution in [2.45, 2.75) is 20.5 Å². The van der Waals surface area contributed by atoms with Crippen LogP contribution < -0.4 is 4.74 Å². The second-order valence-electron chi connectivity index (χ2n) is 7.43. The molecular formula is C25H25ClO2. The molecule has 28 heavy (non-hydrogen) atoms. The third-order valence-electron chi connectivity index (χ3n) is 4.22. The van der Waals surface area contributed by atoms with Gasteiger partial charge >= 0.3 is 0 Å². The maximum atomic E-state index is 5.97. The third-order valence-corrected chi connectivity index (χ3v) is 4.47. The van der Waals surface area contributed by atoms with Gasteiger partial charge in [0.25, 0.3) is 0 Å². The van der Waals surface area contributed by atoms with Gasteiger partial charge in [-0.15, -0.1) is 0 Å². The van der Waals surface area contributed by atoms with Gasteiger partial charge in [-0.25, -0.2) is 0 Å². The average molecular weight is 393 g/mol. The Morgan fingerprint density at radius 3 is 2.32 bits per heavy atom. The van der Waals surface area contributed by atoms with Crippen molar-refractivity contribution in [3.05, 3.63) is 101 Å². The van der Waals surface area contributed by atoms with Gasteiger partial charge in [0.2, 0.25) is 0 Å². The van der Waals surface area contributed by atoms with Gasteiger partial charge in [-0.05, 0) is 47.5 Å². The molecule has 3 heteroatoms. The van der Waals surface area contributed by atoms with E-state index >= 15 is 0 Å². The fourth-order valence-electron chi connectivity index (χ4n) is 2.70. The molecule has 0 N–H and O–H groups in total. The Morgan fingerprint density at radius 1 is 0.857 bits per heavy atom. The smallest absolute Gasteiger partial charge is 0.127 e. The lowest BCUT2D eigenvalue weighted by atomic mass is 9.93. The van der Waals surface area contributed by atoms with Crippen molar-refractivity contribution >= 4 is 17.7 Å². The first kappa shape index (κ1) is 20.2. The van der Waals surface area contributed by atoms with E-state index in [9.17, 15) is 0 Å². The van der Waals surface area contributed by atoms with E-state index in [0.717, 1.165) is 27.6 Å². The van der Waals surface area contributed by atoms with E-state index in [1.807, 2.05) is 72.8 Å². The molecule has 0 fully saturated rings. The van der Waals surface area contributed by atoms with E-state index in [1.165, 1.54) is 0 Å². The Bertz CT molecular complexity index is 899. The van der Waals surface area contributed by atoms with Crippen LogP contribution in [0.2, 0.25) is 5.02 Å². The summed E-state index contributed by atoms with van der Waals surface area (Å²) in [5, 5.41) is 0.748. The Balaban J connectivity index is 1.52. The maximum Gasteiger partial charge on any atom is 0.127 e. The summed E-state index contributed by atoms with van der Waals surface area (Å²) in [6.07, 6.45) is 4.28. The minimum absolute atomic E-state index is 0.0716. The number of halogens is 1. The predicted octanol–water partition coefficient (Wildman–Crippen LogP) is 7.39. The van der Waals surface area contributed by atoms with Gasteiger partial charge in [-0.3, -0.25) is 0 Å². The Kier molecular flexibility index (Phi) is 6.91. The average Bonchev–Trinajstić information content (AvgIpc) is 2.69. The molecule has 0 saturated carbocycles. The summed E-state index contributed by atoms with van der Waals surface area (Å²) in [5.41, 5.74) is 2.15. The van der Waals surface area contributed by atoms with Gasteiger partial charge < -0.3 is 9.47 Å². The fraction of sp³-hybridized carbons (Fsp3) is 0.200. The number of para-hydroxylation sites is 1. The molecule has 0 saturated heterocycles. The Morgan fingerprint density at radius 2 is 1.57 bits per heavy atom. The summed E-state index contributed by atoms with van der Waals surface area (Å²) >= 11 is 5.93. The second-order valence-corrected chi connectivity index (χ2v) is 7.87. The van der Waals surface area contributed by atoms with Crippen molar-refractivity contribution in [2.24, 2.45) is 5.41 Å². The number of hydrogen-bond donors (Lipinski definition) is 0. The maximum absolute atomic E-state index is 5.97. The normalized spacial score (nSPS) is 11.7. The van der Waals surface area contributed by atoms with E-state index in [4.69, 9.17) is 21.1 Å². The zero-order chi connectivity index (χ0) is 19.8. The highest BCUT2D eigenvalue weighted by molar-refractivity contribution is 6.30. The van der Waals surface area contributed by atoms with Gasteiger partial charge in [0.1, 0.15) is 11.5 Å². The fourth-order valence-corrected chi connectivity index (χ4v) is 2.83. The highest BCUT2D eigenvalue weighted by atomic mass is 35.5. The summed E-state index contributed by atoms with van der Waals surface area (Å²) in [5.74, 6) is 1.64. The first-order chi connectivity index (χ1) is 13.5. The molecule has 0 amide bonds. The van der Waals surface area contributed by atoms with Crippen LogP contribution in [0.3, 0.4) is 0 Å². The number of ether oxygens (including phenoxy) is 2. The Hall–Kier alpha value is -2.55. The van der Waals surface area contributed by atoms with E-state index < -0.39 is 0 Å². The van der Waals surface area contributed by atoms with Crippen LogP contribution in [0.15, 0.2) is 84.9 Å². The van der Waals surface area contributed by atoms with Crippen LogP contribution in [0.4, 0.5) is 0 Å². The van der Waals surface area contributed by atoms with Crippen molar-refractivity contribution in [1.29, 1.82) is 0 Å². The van der Waals surface area contributed by atoms with Crippen LogP contribution in [0.25, 0.3) is 6.08 Å². The summed E-state index contributed by atoms with van der Waals surface area (Å²) in [6, 6.07) is 25.6. The predicted molar refractivity (Wildman–Crippen MR) is 117 cm³/mol. The molecule has 3 aromatic rings. The van der Waals surface area contributed by atoms with Crippen LogP contribution in [-0.4, -0.2) is 6.61 Å². The number of rotatable bonds is 8. The second kappa shape index (κ2) is 9.59. The van der Waals surface area contributed by atoms with Gasteiger partial charge in [0.15, 0.2) is 0 Å². The van der Waals surface area contributed by atoms with Crippen LogP contribution >= 0.6 is 11.6 Å². The first-order valence-corrected chi connectivity index (χ1v) is 9.72. The number of hydrogen-bond acceptors (Lipinski definition) is 2. The molecule has 0 radical (unpaired) electrons. The molecule has 144 valence electrons. The van der Waals surface area contributed by atoms with Crippen molar-refractivity contribution in [1.82, 2.24) is 0 Å². The molecule has 3 aromatic carbocycles. The zero-order valence-electron chi connectivity index (χ0n) is 16.3. The monoisotopic (exact) mass is 392 g/mol. The molecule has 0 spiro atoms. The zero-order valence-corrected chi connectivity index (χ0v) is 17.0. The highest BCUT2D eigenvalue weighted by Crippen LogP contribution is 2.24. The van der Waals surface area contributed by atoms with Gasteiger partial charge in [0.05, 0.1) is 13.2 Å². The molecule has 0 aliphatic carbocycles. The van der Waals surface area contributed by atoms with Crippen LogP contribution in [-0.2, 0) is 11.3 Å². The van der Waals surface area contributed by atoms with Crippen molar-refractivity contribution in [3.63, 3.8) is 0 Å². The van der Waals surface area contributed by atoms with Crippen LogP contribution in [0, 0.1) is 5.41 Å². The topological polar surface area (TPSA) is 18.5 Å². The molecule has 0 bridgehead atoms. The van der Waals surface area contributed by atoms with Crippen LogP contribution in [0.1, 0.15) is 25.0 Å². The molecule has 0 aliphatic rings. The summed E-state index contributed by atoms with van der Waals surface area (Å²) in [6.45, 7) is 5.49. The van der Waals surface area contributed by atoms with Gasteiger partial charge in [-0.1, -0.05) is 80.1 Å². The highest BCUT2D eigenvalue weighted by Gasteiger charge is 2.14. The largest absolute Gasteiger partial charge is 0.457 e. The van der Waals surface area contributed by atoms with Crippen LogP contribution in [0.5, 0.6) is 11.5 Å². The van der Waals surface area contributed by atoms with E-state index in [-0.39, 0.29) is 5.41 Å². The SMILES string of the molecule is CC(C)(C=Cc1ccc(Cl)cc1)COCc1cccc(Oc2ccccc2)c1. The van der Waals surface area contributed by atoms with Crippen molar-refractivity contribution < 1.29 is 9.47 Å². The molecule has 3 rings (SSSR count). The van der Waals surface area contributed by atoms with E-state index in [2.05, 4.69) is 32.1 Å². The molecule has 0 atom stereocenters. The summed E-state index contributed by atoms with van der Waals surface area (Å²) in [4.78, 5) is 0.